The van der Waals surface area contributed by atoms with Crippen LogP contribution < -0.4 is 30.3 Å². The second-order valence-corrected chi connectivity index (χ2v) is 31.9. The number of amides is 6. The number of hydrogen-bond donors (Lipinski definition) is 9. The lowest BCUT2D eigenvalue weighted by Gasteiger charge is -2.69. The summed E-state index contributed by atoms with van der Waals surface area (Å²) < 4.78 is 66.4. The first-order valence-electron chi connectivity index (χ1n) is 35.1. The van der Waals surface area contributed by atoms with E-state index in [0.717, 1.165) is 82.6 Å². The van der Waals surface area contributed by atoms with Crippen molar-refractivity contribution in [2.45, 2.75) is 160 Å². The van der Waals surface area contributed by atoms with Crippen molar-refractivity contribution in [1.29, 1.82) is 0 Å². The van der Waals surface area contributed by atoms with Crippen molar-refractivity contribution < 1.29 is 101 Å². The Morgan fingerprint density at radius 3 is 2.32 bits per heavy atom. The molecule has 0 radical (unpaired) electrons. The maximum absolute atomic E-state index is 13.8. The third-order valence-electron chi connectivity index (χ3n) is 20.7. The van der Waals surface area contributed by atoms with E-state index in [-0.39, 0.29) is 104 Å². The molecule has 9 N–H and O–H groups in total. The molecule has 4 aliphatic carbocycles. The number of ether oxygens (including phenoxy) is 5. The van der Waals surface area contributed by atoms with Crippen LogP contribution in [0.1, 0.15) is 128 Å². The molecule has 3 aliphatic heterocycles. The van der Waals surface area contributed by atoms with E-state index in [4.69, 9.17) is 33.8 Å². The molecule has 6 aromatic rings. The molecule has 7 aliphatic rings. The first-order chi connectivity index (χ1) is 50.4. The average molecular weight is 1500 g/mol. The first kappa shape index (κ1) is 76.2. The largest absolute Gasteiger partial charge is 0.493 e. The molecule has 2 unspecified atom stereocenters. The van der Waals surface area contributed by atoms with E-state index in [9.17, 15) is 76.9 Å². The Labute approximate surface area is 613 Å². The van der Waals surface area contributed by atoms with Crippen LogP contribution in [0.3, 0.4) is 0 Å². The van der Waals surface area contributed by atoms with Gasteiger partial charge in [-0.15, -0.1) is 0 Å². The van der Waals surface area contributed by atoms with Gasteiger partial charge in [-0.1, -0.05) is 55.9 Å². The number of aliphatic hydroxyl groups excluding tert-OH is 3. The van der Waals surface area contributed by atoms with E-state index in [0.29, 0.717) is 66.5 Å². The number of carbonyl (C=O) groups is 8. The van der Waals surface area contributed by atoms with Crippen molar-refractivity contribution in [2.75, 3.05) is 62.4 Å². The number of carbonyl (C=O) groups excluding carboxylic acids is 6. The molecule has 4 saturated carbocycles. The number of unbranched alkanes of at least 4 members (excludes halogenated alkanes) is 2. The van der Waals surface area contributed by atoms with E-state index in [2.05, 4.69) is 34.8 Å². The Balaban J connectivity index is 0.662. The number of imide groups is 1. The van der Waals surface area contributed by atoms with Gasteiger partial charge in [0.15, 0.2) is 16.9 Å². The number of pyridine rings is 1. The number of likely N-dealkylation sites (N-methyl/N-ethyl adjacent to an activating group) is 1. The number of rotatable bonds is 31. The zero-order valence-corrected chi connectivity index (χ0v) is 60.6. The van der Waals surface area contributed by atoms with Crippen molar-refractivity contribution in [2.24, 2.45) is 16.2 Å². The van der Waals surface area contributed by atoms with E-state index in [1.54, 1.807) is 25.4 Å². The van der Waals surface area contributed by atoms with E-state index >= 15 is 0 Å². The molecular formula is C73H86N10O21S2. The summed E-state index contributed by atoms with van der Waals surface area (Å²) in [6.07, 6.45) is 0.447. The summed E-state index contributed by atoms with van der Waals surface area (Å²) in [5, 5.41) is 65.1. The minimum Gasteiger partial charge on any atom is -0.493 e. The molecule has 8 atom stereocenters. The molecule has 13 rings (SSSR count). The number of carboxylic acids is 2. The van der Waals surface area contributed by atoms with Crippen molar-refractivity contribution >= 4 is 90.2 Å². The SMILES string of the molecule is Cc1c(-c2ccc(N3CCc4cccc(C(=O)Nc5nc6ccccc6s5)c4C3)nc2C(=O)O)cnn1CC12CC3(C)CC(C)(C1)CC(OCCN(C)C(=O)OCc1ccc(O[C@@H]4O[C@H](C(=O)O)[C@H](O)[C@H](O)[C@@H]4O)cc1OCCCNC(=O)[C@H](CS(=O)(=O)O)NC(=O)CCCCCN1C(=O)C=CC1=O)(C3)C2. The number of carboxylic acid groups (broad SMARTS) is 2. The quantitative estimate of drug-likeness (QED) is 0.0141. The predicted molar refractivity (Wildman–Crippen MR) is 381 cm³/mol. The van der Waals surface area contributed by atoms with Crippen LogP contribution >= 0.6 is 11.3 Å². The molecule has 106 heavy (non-hydrogen) atoms. The molecule has 33 heteroatoms. The predicted octanol–water partition coefficient (Wildman–Crippen LogP) is 5.79. The first-order valence-corrected chi connectivity index (χ1v) is 37.5. The van der Waals surface area contributed by atoms with Crippen molar-refractivity contribution in [3.05, 3.63) is 125 Å². The summed E-state index contributed by atoms with van der Waals surface area (Å²) in [5.74, 6) is -6.35. The number of aromatic carboxylic acids is 1. The molecule has 3 aromatic heterocycles. The number of anilines is 2. The van der Waals surface area contributed by atoms with Crippen LogP contribution in [0.15, 0.2) is 91.1 Å². The highest BCUT2D eigenvalue weighted by Crippen LogP contribution is 2.72. The van der Waals surface area contributed by atoms with Crippen LogP contribution in [0.5, 0.6) is 11.5 Å². The van der Waals surface area contributed by atoms with Gasteiger partial charge in [-0.3, -0.25) is 43.4 Å². The van der Waals surface area contributed by atoms with Crippen molar-refractivity contribution in [3.63, 3.8) is 0 Å². The highest BCUT2D eigenvalue weighted by Gasteiger charge is 2.66. The van der Waals surface area contributed by atoms with Crippen LogP contribution in [0.4, 0.5) is 15.7 Å². The summed E-state index contributed by atoms with van der Waals surface area (Å²) in [5.41, 5.74) is 4.24. The lowest BCUT2D eigenvalue weighted by atomic mass is 9.39. The second kappa shape index (κ2) is 31.1. The molecule has 4 bridgehead atoms. The fourth-order valence-electron chi connectivity index (χ4n) is 16.9. The normalized spacial score (nSPS) is 24.7. The molecule has 5 fully saturated rings. The number of fused-ring (bicyclic) bond motifs is 2. The smallest absolute Gasteiger partial charge is 0.409 e. The molecule has 566 valence electrons. The number of aromatic nitrogens is 4. The highest BCUT2D eigenvalue weighted by molar-refractivity contribution is 7.85. The summed E-state index contributed by atoms with van der Waals surface area (Å²) in [4.78, 5) is 116. The van der Waals surface area contributed by atoms with Crippen molar-refractivity contribution in [3.8, 4) is 22.6 Å². The van der Waals surface area contributed by atoms with E-state index in [1.165, 1.54) is 34.4 Å². The van der Waals surface area contributed by atoms with Crippen molar-refractivity contribution in [1.82, 2.24) is 40.2 Å². The van der Waals surface area contributed by atoms with Crippen LogP contribution in [0.25, 0.3) is 21.3 Å². The monoisotopic (exact) mass is 1500 g/mol. The number of para-hydroxylation sites is 1. The van der Waals surface area contributed by atoms with Gasteiger partial charge in [0.1, 0.15) is 54.0 Å². The zero-order chi connectivity index (χ0) is 75.6. The Bertz CT molecular complexity index is 4480. The lowest BCUT2D eigenvalue weighted by Crippen LogP contribution is -2.64. The van der Waals surface area contributed by atoms with Gasteiger partial charge in [-0.25, -0.2) is 24.4 Å². The van der Waals surface area contributed by atoms with E-state index in [1.807, 2.05) is 59.0 Å². The van der Waals surface area contributed by atoms with Gasteiger partial charge in [0.25, 0.3) is 27.8 Å². The van der Waals surface area contributed by atoms with Gasteiger partial charge in [-0.05, 0) is 141 Å². The van der Waals surface area contributed by atoms with Gasteiger partial charge >= 0.3 is 18.0 Å². The molecule has 6 heterocycles. The average Bonchev–Trinajstić information content (AvgIpc) is 0.881. The summed E-state index contributed by atoms with van der Waals surface area (Å²) in [6, 6.07) is 19.4. The number of aliphatic carboxylic acids is 1. The van der Waals surface area contributed by atoms with Gasteiger partial charge in [0, 0.05) is 98.9 Å². The Kier molecular flexibility index (Phi) is 22.4. The number of nitrogens with zero attached hydrogens (tertiary/aromatic N) is 7. The minimum atomic E-state index is -4.77. The Morgan fingerprint density at radius 2 is 1.59 bits per heavy atom. The number of nitrogens with one attached hydrogen (secondary N) is 3. The summed E-state index contributed by atoms with van der Waals surface area (Å²) >= 11 is 1.40. The molecule has 6 amide bonds. The van der Waals surface area contributed by atoms with Crippen LogP contribution in [0.2, 0.25) is 0 Å². The van der Waals surface area contributed by atoms with Gasteiger partial charge < -0.3 is 69.7 Å². The van der Waals surface area contributed by atoms with Gasteiger partial charge in [-0.2, -0.15) is 13.5 Å². The number of hydrogen-bond acceptors (Lipinski definition) is 23. The number of thiazole rings is 1. The topological polar surface area (TPSA) is 428 Å². The van der Waals surface area contributed by atoms with Gasteiger partial charge in [0.2, 0.25) is 18.1 Å². The fraction of sp³-hybridized carbons (Fsp3) is 0.493. The third-order valence-corrected chi connectivity index (χ3v) is 22.4. The molecular weight excluding hydrogens is 1420 g/mol. The highest BCUT2D eigenvalue weighted by atomic mass is 32.2. The third kappa shape index (κ3) is 17.3. The molecule has 0 spiro atoms. The molecule has 1 saturated heterocycles. The Morgan fingerprint density at radius 1 is 0.840 bits per heavy atom. The molecule has 3 aromatic carbocycles. The van der Waals surface area contributed by atoms with Crippen LogP contribution in [-0.2, 0) is 74.4 Å². The van der Waals surface area contributed by atoms with Gasteiger partial charge in [0.05, 0.1) is 35.2 Å². The summed E-state index contributed by atoms with van der Waals surface area (Å²) in [6.45, 7) is 7.77. The van der Waals surface area contributed by atoms with E-state index < -0.39 is 99.9 Å². The Hall–Kier alpha value is -9.48. The van der Waals surface area contributed by atoms with Crippen LogP contribution in [-0.4, -0.2) is 210 Å². The second-order valence-electron chi connectivity index (χ2n) is 29.4. The standard InChI is InChI=1S/C73H86N10O21S2/c1-42-48(46-19-20-54(78-58(46)65(92)93)81-26-23-43-12-10-13-47(49(43)32-81)63(90)79-68-77-50-14-7-8-15-53(50)105-68)31-75-83(42)41-72-36-70(2)35-71(3,37-72)39-73(38-70,40-72)102-29-27-80(4)69(96)101-33-44-17-18-45(103-67-61(89)59(87)60(88)62(104-67)66(94)95)30-52(44)100-28-11-24-74-64(91)51(34-106(97,98)99)76-55(84)16-6-5-9-25-82-56(85)21-22-57(82)86/h7-8,10,12-15,17-22,30-31,51,59-62,67,87-89H,5-6,9,11,16,23-29,32-41H2,1-4H3,(H,74,91)(H,76,84)(H,92,93)(H,94,95)(H,77,79,90)(H,97,98,99)/t51-,59-,60+,61-,62-,67+,70?,71?,72?,73?/m0/s1. The minimum absolute atomic E-state index is 0.0347. The number of aliphatic hydroxyl groups is 3. The summed E-state index contributed by atoms with van der Waals surface area (Å²) in [7, 11) is -3.21. The maximum Gasteiger partial charge on any atom is 0.409 e. The maximum atomic E-state index is 13.8. The fourth-order valence-corrected chi connectivity index (χ4v) is 18.5. The lowest BCUT2D eigenvalue weighted by molar-refractivity contribution is -0.271. The number of benzene rings is 3. The van der Waals surface area contributed by atoms with Crippen LogP contribution in [0, 0.1) is 23.2 Å². The molecule has 31 nitrogen and oxygen atoms in total. The zero-order valence-electron chi connectivity index (χ0n) is 58.9.